The van der Waals surface area contributed by atoms with Gasteiger partial charge in [-0.1, -0.05) is 72.8 Å². The number of carboxylic acids is 1. The molecule has 9 heteroatoms. The van der Waals surface area contributed by atoms with Crippen LogP contribution in [0.25, 0.3) is 0 Å². The second kappa shape index (κ2) is 10.2. The summed E-state index contributed by atoms with van der Waals surface area (Å²) in [7, 11) is 0. The molecule has 2 heterocycles. The van der Waals surface area contributed by atoms with Crippen molar-refractivity contribution in [2.75, 3.05) is 0 Å². The molecular formula is C29H24F3N3O3. The average molecular weight is 520 g/mol. The summed E-state index contributed by atoms with van der Waals surface area (Å²) in [6.45, 7) is 0.0834. The predicted molar refractivity (Wildman–Crippen MR) is 133 cm³/mol. The number of nitrogens with zero attached hydrogens (tertiary/aromatic N) is 3. The zero-order chi connectivity index (χ0) is 26.9. The summed E-state index contributed by atoms with van der Waals surface area (Å²) in [5.74, 6) is -2.21. The summed E-state index contributed by atoms with van der Waals surface area (Å²) in [5.41, 5.74) is 2.27. The zero-order valence-electron chi connectivity index (χ0n) is 20.2. The number of imidazole rings is 1. The van der Waals surface area contributed by atoms with Crippen molar-refractivity contribution in [3.8, 4) is 0 Å². The van der Waals surface area contributed by atoms with Gasteiger partial charge in [-0.25, -0.2) is 9.78 Å². The van der Waals surface area contributed by atoms with Crippen LogP contribution in [0.5, 0.6) is 0 Å². The van der Waals surface area contributed by atoms with Crippen LogP contribution in [0.4, 0.5) is 13.2 Å². The number of hydrogen-bond donors (Lipinski definition) is 1. The van der Waals surface area contributed by atoms with E-state index in [0.29, 0.717) is 17.0 Å². The van der Waals surface area contributed by atoms with E-state index in [2.05, 4.69) is 4.98 Å². The summed E-state index contributed by atoms with van der Waals surface area (Å²) in [6, 6.07) is 22.2. The van der Waals surface area contributed by atoms with Crippen LogP contribution in [0.3, 0.4) is 0 Å². The first-order chi connectivity index (χ1) is 18.2. The lowest BCUT2D eigenvalue weighted by atomic mass is 9.88. The summed E-state index contributed by atoms with van der Waals surface area (Å²) >= 11 is 0. The van der Waals surface area contributed by atoms with Crippen LogP contribution in [-0.4, -0.2) is 37.5 Å². The van der Waals surface area contributed by atoms with E-state index >= 15 is 0 Å². The Morgan fingerprint density at radius 3 is 2.16 bits per heavy atom. The molecule has 194 valence electrons. The van der Waals surface area contributed by atoms with E-state index < -0.39 is 29.7 Å². The third kappa shape index (κ3) is 5.04. The molecule has 4 aromatic rings. The zero-order valence-corrected chi connectivity index (χ0v) is 20.2. The van der Waals surface area contributed by atoms with E-state index in [1.165, 1.54) is 17.3 Å². The molecular weight excluding hydrogens is 495 g/mol. The van der Waals surface area contributed by atoms with Gasteiger partial charge in [0.2, 0.25) is 5.91 Å². The minimum Gasteiger partial charge on any atom is -0.480 e. The minimum atomic E-state index is -4.46. The molecule has 0 spiro atoms. The van der Waals surface area contributed by atoms with Crippen molar-refractivity contribution < 1.29 is 27.9 Å². The fourth-order valence-electron chi connectivity index (χ4n) is 4.95. The molecule has 6 nitrogen and oxygen atoms in total. The molecule has 1 amide bonds. The molecule has 0 unspecified atom stereocenters. The topological polar surface area (TPSA) is 75.4 Å². The van der Waals surface area contributed by atoms with Gasteiger partial charge in [0.05, 0.1) is 30.0 Å². The average Bonchev–Trinajstić information content (AvgIpc) is 3.30. The lowest BCUT2D eigenvalue weighted by molar-refractivity contribution is -0.151. The third-order valence-corrected chi connectivity index (χ3v) is 6.80. The van der Waals surface area contributed by atoms with Crippen molar-refractivity contribution >= 4 is 11.9 Å². The maximum absolute atomic E-state index is 14.0. The van der Waals surface area contributed by atoms with E-state index in [1.807, 2.05) is 60.7 Å². The molecule has 1 atom stereocenters. The molecule has 0 saturated heterocycles. The number of amides is 1. The second-order valence-electron chi connectivity index (χ2n) is 9.24. The monoisotopic (exact) mass is 519 g/mol. The van der Waals surface area contributed by atoms with E-state index in [1.54, 1.807) is 10.6 Å². The highest BCUT2D eigenvalue weighted by Crippen LogP contribution is 2.33. The van der Waals surface area contributed by atoms with E-state index in [4.69, 9.17) is 0 Å². The van der Waals surface area contributed by atoms with Crippen molar-refractivity contribution in [2.45, 2.75) is 37.6 Å². The standard InChI is InChI=1S/C29H24F3N3O3/c30-29(31,32)22-13-7-8-19(14-22)16-34-18-33-23-17-35(25(28(37)38)15-24(23)34)27(36)26(20-9-3-1-4-10-20)21-11-5-2-6-12-21/h1-14,18,25-26H,15-17H2,(H,37,38)/t25-/m0/s1. The number of aliphatic carboxylic acids is 1. The van der Waals surface area contributed by atoms with Crippen LogP contribution >= 0.6 is 0 Å². The Morgan fingerprint density at radius 1 is 0.947 bits per heavy atom. The number of carbonyl (C=O) groups excluding carboxylic acids is 1. The maximum atomic E-state index is 14.0. The third-order valence-electron chi connectivity index (χ3n) is 6.80. The summed E-state index contributed by atoms with van der Waals surface area (Å²) in [5, 5.41) is 10.1. The first-order valence-electron chi connectivity index (χ1n) is 12.0. The van der Waals surface area contributed by atoms with Gasteiger partial charge in [-0.2, -0.15) is 13.2 Å². The van der Waals surface area contributed by atoms with Crippen molar-refractivity contribution in [3.63, 3.8) is 0 Å². The van der Waals surface area contributed by atoms with Crippen molar-refractivity contribution in [3.05, 3.63) is 125 Å². The van der Waals surface area contributed by atoms with Crippen LogP contribution in [0, 0.1) is 0 Å². The SMILES string of the molecule is O=C(O)[C@@H]1Cc2c(ncn2Cc2cccc(C(F)(F)F)c2)CN1C(=O)C(c1ccccc1)c1ccccc1. The quantitative estimate of drug-likeness (QED) is 0.384. The van der Waals surface area contributed by atoms with Gasteiger partial charge >= 0.3 is 12.1 Å². The molecule has 1 aliphatic heterocycles. The second-order valence-corrected chi connectivity index (χ2v) is 9.24. The number of halogens is 3. The van der Waals surface area contributed by atoms with Gasteiger partial charge in [0, 0.05) is 18.7 Å². The van der Waals surface area contributed by atoms with Gasteiger partial charge in [0.1, 0.15) is 6.04 Å². The molecule has 5 rings (SSSR count). The number of hydrogen-bond acceptors (Lipinski definition) is 3. The van der Waals surface area contributed by atoms with Gasteiger partial charge < -0.3 is 14.6 Å². The van der Waals surface area contributed by atoms with Crippen LogP contribution in [0.2, 0.25) is 0 Å². The van der Waals surface area contributed by atoms with E-state index in [0.717, 1.165) is 23.3 Å². The van der Waals surface area contributed by atoms with Gasteiger partial charge in [0.25, 0.3) is 0 Å². The van der Waals surface area contributed by atoms with Gasteiger partial charge in [0.15, 0.2) is 0 Å². The number of benzene rings is 3. The molecule has 0 radical (unpaired) electrons. The molecule has 0 fully saturated rings. The van der Waals surface area contributed by atoms with Crippen molar-refractivity contribution in [1.82, 2.24) is 14.5 Å². The lowest BCUT2D eigenvalue weighted by Crippen LogP contribution is -2.50. The maximum Gasteiger partial charge on any atom is 0.416 e. The number of fused-ring (bicyclic) bond motifs is 1. The van der Waals surface area contributed by atoms with Gasteiger partial charge in [-0.05, 0) is 28.8 Å². The first kappa shape index (κ1) is 25.3. The summed E-state index contributed by atoms with van der Waals surface area (Å²) in [4.78, 5) is 32.1. The first-order valence-corrected chi connectivity index (χ1v) is 12.0. The Balaban J connectivity index is 1.47. The normalized spacial score (nSPS) is 15.4. The molecule has 0 aliphatic carbocycles. The lowest BCUT2D eigenvalue weighted by Gasteiger charge is -2.35. The Morgan fingerprint density at radius 2 is 1.58 bits per heavy atom. The Bertz CT molecular complexity index is 1410. The highest BCUT2D eigenvalue weighted by atomic mass is 19.4. The van der Waals surface area contributed by atoms with E-state index in [9.17, 15) is 27.9 Å². The van der Waals surface area contributed by atoms with Crippen LogP contribution in [-0.2, 0) is 35.3 Å². The fraction of sp³-hybridized carbons (Fsp3) is 0.207. The largest absolute Gasteiger partial charge is 0.480 e. The summed E-state index contributed by atoms with van der Waals surface area (Å²) in [6.07, 6.45) is -2.98. The number of rotatable bonds is 6. The molecule has 3 aromatic carbocycles. The van der Waals surface area contributed by atoms with Gasteiger partial charge in [-0.15, -0.1) is 0 Å². The number of carboxylic acid groups (broad SMARTS) is 1. The number of alkyl halides is 3. The smallest absolute Gasteiger partial charge is 0.416 e. The predicted octanol–water partition coefficient (Wildman–Crippen LogP) is 5.12. The molecule has 0 bridgehead atoms. The highest BCUT2D eigenvalue weighted by Gasteiger charge is 2.40. The van der Waals surface area contributed by atoms with Crippen LogP contribution in [0.15, 0.2) is 91.3 Å². The molecule has 1 aliphatic rings. The Kier molecular flexibility index (Phi) is 6.75. The van der Waals surface area contributed by atoms with Crippen molar-refractivity contribution in [2.24, 2.45) is 0 Å². The Labute approximate surface area is 217 Å². The highest BCUT2D eigenvalue weighted by molar-refractivity contribution is 5.91. The molecule has 0 saturated carbocycles. The number of aromatic nitrogens is 2. The van der Waals surface area contributed by atoms with Crippen LogP contribution in [0.1, 0.15) is 39.6 Å². The Hall–Kier alpha value is -4.40. The van der Waals surface area contributed by atoms with Crippen LogP contribution < -0.4 is 0 Å². The van der Waals surface area contributed by atoms with E-state index in [-0.39, 0.29) is 25.4 Å². The summed E-state index contributed by atoms with van der Waals surface area (Å²) < 4.78 is 41.2. The minimum absolute atomic E-state index is 0.00827. The van der Waals surface area contributed by atoms with Gasteiger partial charge in [-0.3, -0.25) is 4.79 Å². The molecule has 38 heavy (non-hydrogen) atoms. The molecule has 1 aromatic heterocycles. The molecule has 1 N–H and O–H groups in total. The fourth-order valence-corrected chi connectivity index (χ4v) is 4.95. The van der Waals surface area contributed by atoms with Crippen molar-refractivity contribution in [1.29, 1.82) is 0 Å². The number of carbonyl (C=O) groups is 2.